The van der Waals surface area contributed by atoms with Crippen molar-refractivity contribution in [3.63, 3.8) is 0 Å². The van der Waals surface area contributed by atoms with Gasteiger partial charge in [-0.15, -0.1) is 15.3 Å². The van der Waals surface area contributed by atoms with Crippen molar-refractivity contribution in [2.75, 3.05) is 25.0 Å². The molecule has 0 radical (unpaired) electrons. The summed E-state index contributed by atoms with van der Waals surface area (Å²) in [5, 5.41) is 23.5. The summed E-state index contributed by atoms with van der Waals surface area (Å²) in [6.45, 7) is 2.13. The Balaban J connectivity index is 1.45. The number of fused-ring (bicyclic) bond motifs is 1. The fraction of sp³-hybridized carbons (Fsp3) is 0.353. The van der Waals surface area contributed by atoms with Crippen molar-refractivity contribution in [3.8, 4) is 0 Å². The van der Waals surface area contributed by atoms with E-state index >= 15 is 0 Å². The molecule has 25 heavy (non-hydrogen) atoms. The van der Waals surface area contributed by atoms with Crippen LogP contribution in [0.15, 0.2) is 30.5 Å². The van der Waals surface area contributed by atoms with E-state index < -0.39 is 0 Å². The minimum atomic E-state index is 0.528. The number of anilines is 1. The Labute approximate surface area is 145 Å². The number of hydrogen-bond donors (Lipinski definition) is 1. The van der Waals surface area contributed by atoms with Gasteiger partial charge in [0.05, 0.1) is 5.69 Å². The number of piperidine rings is 1. The Hall–Kier alpha value is -2.87. The van der Waals surface area contributed by atoms with Gasteiger partial charge in [0, 0.05) is 19.3 Å². The lowest BCUT2D eigenvalue weighted by molar-refractivity contribution is 0.441. The quantitative estimate of drug-likeness (QED) is 0.768. The van der Waals surface area contributed by atoms with Crippen LogP contribution in [0, 0.1) is 0 Å². The standard InChI is InChI=1S/C17H20N8/c1-24(15-8-10-18-11-9-15)16-7-5-14(19-20-16)4-2-13-3-6-17-21-22-23-25(17)12-13/h2-7,12,15,18H,8-11H2,1H3/b4-2+. The third-order valence-corrected chi connectivity index (χ3v) is 4.55. The summed E-state index contributed by atoms with van der Waals surface area (Å²) in [6.07, 6.45) is 8.06. The van der Waals surface area contributed by atoms with Gasteiger partial charge in [0.15, 0.2) is 11.5 Å². The second-order valence-electron chi connectivity index (χ2n) is 6.19. The summed E-state index contributed by atoms with van der Waals surface area (Å²) in [4.78, 5) is 2.23. The van der Waals surface area contributed by atoms with E-state index in [9.17, 15) is 0 Å². The lowest BCUT2D eigenvalue weighted by Crippen LogP contribution is -2.41. The van der Waals surface area contributed by atoms with Crippen LogP contribution in [0.5, 0.6) is 0 Å². The number of hydrogen-bond acceptors (Lipinski definition) is 7. The van der Waals surface area contributed by atoms with E-state index in [-0.39, 0.29) is 0 Å². The number of aromatic nitrogens is 6. The second kappa shape index (κ2) is 6.94. The Bertz CT molecular complexity index is 864. The summed E-state index contributed by atoms with van der Waals surface area (Å²) < 4.78 is 1.64. The molecule has 128 valence electrons. The molecule has 0 unspecified atom stereocenters. The molecule has 8 heteroatoms. The second-order valence-corrected chi connectivity index (χ2v) is 6.19. The molecule has 4 rings (SSSR count). The molecule has 0 spiro atoms. The van der Waals surface area contributed by atoms with Crippen LogP contribution in [-0.4, -0.2) is 56.4 Å². The molecule has 0 atom stereocenters. The summed E-state index contributed by atoms with van der Waals surface area (Å²) in [5.41, 5.74) is 2.54. The van der Waals surface area contributed by atoms with Crippen molar-refractivity contribution in [2.24, 2.45) is 0 Å². The largest absolute Gasteiger partial charge is 0.355 e. The smallest absolute Gasteiger partial charge is 0.179 e. The third kappa shape index (κ3) is 3.48. The zero-order chi connectivity index (χ0) is 17.1. The van der Waals surface area contributed by atoms with E-state index in [0.717, 1.165) is 48.7 Å². The van der Waals surface area contributed by atoms with Gasteiger partial charge in [0.1, 0.15) is 0 Å². The van der Waals surface area contributed by atoms with Crippen molar-refractivity contribution < 1.29 is 0 Å². The first-order valence-corrected chi connectivity index (χ1v) is 8.43. The van der Waals surface area contributed by atoms with Crippen molar-refractivity contribution in [2.45, 2.75) is 18.9 Å². The zero-order valence-electron chi connectivity index (χ0n) is 14.1. The van der Waals surface area contributed by atoms with Gasteiger partial charge in [-0.25, -0.2) is 4.52 Å². The van der Waals surface area contributed by atoms with Gasteiger partial charge in [0.25, 0.3) is 0 Å². The fourth-order valence-corrected chi connectivity index (χ4v) is 3.03. The van der Waals surface area contributed by atoms with Gasteiger partial charge in [-0.2, -0.15) is 0 Å². The number of pyridine rings is 1. The molecule has 0 bridgehead atoms. The first kappa shape index (κ1) is 15.6. The number of nitrogens with zero attached hydrogens (tertiary/aromatic N) is 7. The molecule has 3 aromatic heterocycles. The molecule has 4 heterocycles. The molecule has 1 N–H and O–H groups in total. The van der Waals surface area contributed by atoms with E-state index in [1.165, 1.54) is 0 Å². The van der Waals surface area contributed by atoms with Crippen molar-refractivity contribution in [1.29, 1.82) is 0 Å². The lowest BCUT2D eigenvalue weighted by Gasteiger charge is -2.32. The molecule has 1 aliphatic rings. The van der Waals surface area contributed by atoms with Crippen molar-refractivity contribution in [3.05, 3.63) is 41.7 Å². The van der Waals surface area contributed by atoms with Gasteiger partial charge in [-0.1, -0.05) is 6.08 Å². The number of nitrogens with one attached hydrogen (secondary N) is 1. The Morgan fingerprint density at radius 2 is 1.96 bits per heavy atom. The molecule has 8 nitrogen and oxygen atoms in total. The molecule has 1 aliphatic heterocycles. The fourth-order valence-electron chi connectivity index (χ4n) is 3.03. The molecule has 0 aromatic carbocycles. The maximum atomic E-state index is 4.37. The number of tetrazole rings is 1. The zero-order valence-corrected chi connectivity index (χ0v) is 14.1. The van der Waals surface area contributed by atoms with Crippen LogP contribution in [0.4, 0.5) is 5.82 Å². The van der Waals surface area contributed by atoms with Gasteiger partial charge in [-0.05, 0) is 72.3 Å². The molecule has 0 amide bonds. The maximum absolute atomic E-state index is 4.37. The summed E-state index contributed by atoms with van der Waals surface area (Å²) >= 11 is 0. The van der Waals surface area contributed by atoms with Crippen molar-refractivity contribution >= 4 is 23.6 Å². The molecule has 1 saturated heterocycles. The molecule has 0 saturated carbocycles. The average Bonchev–Trinajstić information content (AvgIpc) is 3.15. The Morgan fingerprint density at radius 3 is 2.76 bits per heavy atom. The van der Waals surface area contributed by atoms with E-state index in [0.29, 0.717) is 6.04 Å². The third-order valence-electron chi connectivity index (χ3n) is 4.55. The van der Waals surface area contributed by atoms with Gasteiger partial charge in [-0.3, -0.25) is 0 Å². The van der Waals surface area contributed by atoms with Crippen LogP contribution in [0.1, 0.15) is 24.1 Å². The van der Waals surface area contributed by atoms with E-state index in [1.54, 1.807) is 4.52 Å². The maximum Gasteiger partial charge on any atom is 0.179 e. The van der Waals surface area contributed by atoms with E-state index in [4.69, 9.17) is 0 Å². The molecule has 3 aromatic rings. The minimum Gasteiger partial charge on any atom is -0.355 e. The van der Waals surface area contributed by atoms with E-state index in [1.807, 2.05) is 42.6 Å². The topological polar surface area (TPSA) is 84.1 Å². The molecular formula is C17H20N8. The highest BCUT2D eigenvalue weighted by Crippen LogP contribution is 2.17. The predicted molar refractivity (Wildman–Crippen MR) is 96.0 cm³/mol. The van der Waals surface area contributed by atoms with Crippen LogP contribution in [0.3, 0.4) is 0 Å². The van der Waals surface area contributed by atoms with Crippen LogP contribution in [0.2, 0.25) is 0 Å². The minimum absolute atomic E-state index is 0.528. The highest BCUT2D eigenvalue weighted by Gasteiger charge is 2.18. The summed E-state index contributed by atoms with van der Waals surface area (Å²) in [6, 6.07) is 8.39. The van der Waals surface area contributed by atoms with Gasteiger partial charge < -0.3 is 10.2 Å². The monoisotopic (exact) mass is 336 g/mol. The van der Waals surface area contributed by atoms with Gasteiger partial charge >= 0.3 is 0 Å². The highest BCUT2D eigenvalue weighted by molar-refractivity contribution is 5.68. The highest BCUT2D eigenvalue weighted by atomic mass is 15.5. The summed E-state index contributed by atoms with van der Waals surface area (Å²) in [5.74, 6) is 0.916. The molecular weight excluding hydrogens is 316 g/mol. The Kier molecular flexibility index (Phi) is 4.34. The van der Waals surface area contributed by atoms with Crippen LogP contribution < -0.4 is 10.2 Å². The molecule has 1 fully saturated rings. The summed E-state index contributed by atoms with van der Waals surface area (Å²) in [7, 11) is 2.09. The average molecular weight is 336 g/mol. The van der Waals surface area contributed by atoms with Crippen LogP contribution >= 0.6 is 0 Å². The lowest BCUT2D eigenvalue weighted by atomic mass is 10.1. The SMILES string of the molecule is CN(c1ccc(/C=C/c2ccc3nnnn3c2)nn1)C1CCNCC1. The van der Waals surface area contributed by atoms with E-state index in [2.05, 4.69) is 43.0 Å². The molecule has 0 aliphatic carbocycles. The first-order valence-electron chi connectivity index (χ1n) is 8.43. The van der Waals surface area contributed by atoms with Crippen LogP contribution in [-0.2, 0) is 0 Å². The van der Waals surface area contributed by atoms with Crippen molar-refractivity contribution in [1.82, 2.24) is 35.6 Å². The first-order chi connectivity index (χ1) is 12.3. The Morgan fingerprint density at radius 1 is 1.08 bits per heavy atom. The normalized spacial score (nSPS) is 15.9. The van der Waals surface area contributed by atoms with Gasteiger partial charge in [0.2, 0.25) is 0 Å². The van der Waals surface area contributed by atoms with Crippen LogP contribution in [0.25, 0.3) is 17.8 Å². The number of rotatable bonds is 4. The predicted octanol–water partition coefficient (Wildman–Crippen LogP) is 1.27.